The van der Waals surface area contributed by atoms with Gasteiger partial charge >= 0.3 is 0 Å². The van der Waals surface area contributed by atoms with Crippen LogP contribution >= 0.6 is 0 Å². The van der Waals surface area contributed by atoms with E-state index in [1.54, 1.807) is 6.07 Å². The SMILES string of the molecule is CCc1ccc(Oc2cc(C)ccc2C(N)=NO)cc1. The van der Waals surface area contributed by atoms with Gasteiger partial charge in [0, 0.05) is 0 Å². The van der Waals surface area contributed by atoms with E-state index in [1.807, 2.05) is 43.3 Å². The normalized spacial score (nSPS) is 11.4. The maximum Gasteiger partial charge on any atom is 0.173 e. The highest BCUT2D eigenvalue weighted by molar-refractivity contribution is 5.99. The van der Waals surface area contributed by atoms with Crippen molar-refractivity contribution in [3.8, 4) is 11.5 Å². The van der Waals surface area contributed by atoms with Gasteiger partial charge in [0.25, 0.3) is 0 Å². The van der Waals surface area contributed by atoms with Crippen molar-refractivity contribution in [2.45, 2.75) is 20.3 Å². The van der Waals surface area contributed by atoms with Gasteiger partial charge in [-0.25, -0.2) is 0 Å². The van der Waals surface area contributed by atoms with Crippen molar-refractivity contribution in [3.05, 3.63) is 59.2 Å². The zero-order valence-corrected chi connectivity index (χ0v) is 11.6. The van der Waals surface area contributed by atoms with E-state index >= 15 is 0 Å². The average Bonchev–Trinajstić information content (AvgIpc) is 2.47. The highest BCUT2D eigenvalue weighted by atomic mass is 16.5. The van der Waals surface area contributed by atoms with Crippen LogP contribution in [0.1, 0.15) is 23.6 Å². The Balaban J connectivity index is 2.33. The van der Waals surface area contributed by atoms with Crippen LogP contribution in [-0.2, 0) is 6.42 Å². The Morgan fingerprint density at radius 3 is 2.50 bits per heavy atom. The van der Waals surface area contributed by atoms with Gasteiger partial charge in [-0.1, -0.05) is 30.3 Å². The summed E-state index contributed by atoms with van der Waals surface area (Å²) < 4.78 is 5.84. The molecule has 2 rings (SSSR count). The van der Waals surface area contributed by atoms with E-state index in [-0.39, 0.29) is 5.84 Å². The molecule has 4 heteroatoms. The van der Waals surface area contributed by atoms with Crippen molar-refractivity contribution in [2.24, 2.45) is 10.9 Å². The molecular formula is C16H18N2O2. The molecule has 0 bridgehead atoms. The zero-order chi connectivity index (χ0) is 14.5. The molecule has 0 atom stereocenters. The third kappa shape index (κ3) is 3.09. The number of aryl methyl sites for hydroxylation is 2. The molecule has 0 radical (unpaired) electrons. The lowest BCUT2D eigenvalue weighted by Gasteiger charge is -2.11. The van der Waals surface area contributed by atoms with Crippen LogP contribution in [-0.4, -0.2) is 11.0 Å². The predicted octanol–water partition coefficient (Wildman–Crippen LogP) is 3.44. The molecule has 2 aromatic carbocycles. The van der Waals surface area contributed by atoms with E-state index in [4.69, 9.17) is 15.7 Å². The summed E-state index contributed by atoms with van der Waals surface area (Å²) in [6, 6.07) is 13.4. The molecule has 4 nitrogen and oxygen atoms in total. The third-order valence-corrected chi connectivity index (χ3v) is 3.08. The molecule has 0 spiro atoms. The van der Waals surface area contributed by atoms with Gasteiger partial charge in [0.05, 0.1) is 5.56 Å². The highest BCUT2D eigenvalue weighted by Crippen LogP contribution is 2.26. The first-order valence-corrected chi connectivity index (χ1v) is 6.49. The number of oxime groups is 1. The fourth-order valence-corrected chi connectivity index (χ4v) is 1.90. The molecule has 0 aliphatic rings. The molecule has 0 unspecified atom stereocenters. The molecular weight excluding hydrogens is 252 g/mol. The van der Waals surface area contributed by atoms with E-state index in [9.17, 15) is 0 Å². The second kappa shape index (κ2) is 6.10. The average molecular weight is 270 g/mol. The lowest BCUT2D eigenvalue weighted by Crippen LogP contribution is -2.14. The number of benzene rings is 2. The Morgan fingerprint density at radius 1 is 1.20 bits per heavy atom. The smallest absolute Gasteiger partial charge is 0.173 e. The molecule has 0 aromatic heterocycles. The van der Waals surface area contributed by atoms with Crippen LogP contribution in [0.25, 0.3) is 0 Å². The zero-order valence-electron chi connectivity index (χ0n) is 11.6. The summed E-state index contributed by atoms with van der Waals surface area (Å²) in [7, 11) is 0. The third-order valence-electron chi connectivity index (χ3n) is 3.08. The topological polar surface area (TPSA) is 67.8 Å². The van der Waals surface area contributed by atoms with E-state index in [1.165, 1.54) is 5.56 Å². The van der Waals surface area contributed by atoms with E-state index in [2.05, 4.69) is 12.1 Å². The van der Waals surface area contributed by atoms with Crippen molar-refractivity contribution in [2.75, 3.05) is 0 Å². The van der Waals surface area contributed by atoms with Crippen LogP contribution in [0, 0.1) is 6.92 Å². The molecule has 0 heterocycles. The van der Waals surface area contributed by atoms with Gasteiger partial charge in [-0.05, 0) is 48.7 Å². The van der Waals surface area contributed by atoms with Crippen molar-refractivity contribution in [3.63, 3.8) is 0 Å². The summed E-state index contributed by atoms with van der Waals surface area (Å²) >= 11 is 0. The first-order valence-electron chi connectivity index (χ1n) is 6.49. The maximum absolute atomic E-state index is 8.82. The van der Waals surface area contributed by atoms with Crippen LogP contribution < -0.4 is 10.5 Å². The van der Waals surface area contributed by atoms with Gasteiger partial charge < -0.3 is 15.7 Å². The summed E-state index contributed by atoms with van der Waals surface area (Å²) in [6.07, 6.45) is 0.986. The van der Waals surface area contributed by atoms with E-state index < -0.39 is 0 Å². The predicted molar refractivity (Wildman–Crippen MR) is 79.6 cm³/mol. The van der Waals surface area contributed by atoms with Gasteiger partial charge in [-0.15, -0.1) is 0 Å². The fraction of sp³-hybridized carbons (Fsp3) is 0.188. The van der Waals surface area contributed by atoms with Crippen LogP contribution in [0.3, 0.4) is 0 Å². The number of hydrogen-bond donors (Lipinski definition) is 2. The van der Waals surface area contributed by atoms with E-state index in [0.29, 0.717) is 11.3 Å². The molecule has 0 saturated heterocycles. The van der Waals surface area contributed by atoms with Crippen LogP contribution in [0.4, 0.5) is 0 Å². The molecule has 0 amide bonds. The first kappa shape index (κ1) is 13.9. The second-order valence-corrected chi connectivity index (χ2v) is 4.58. The number of rotatable bonds is 4. The van der Waals surface area contributed by atoms with Gasteiger partial charge in [0.2, 0.25) is 0 Å². The minimum Gasteiger partial charge on any atom is -0.457 e. The monoisotopic (exact) mass is 270 g/mol. The minimum atomic E-state index is 0.0326. The lowest BCUT2D eigenvalue weighted by atomic mass is 10.1. The summed E-state index contributed by atoms with van der Waals surface area (Å²) in [5, 5.41) is 11.9. The summed E-state index contributed by atoms with van der Waals surface area (Å²) in [6.45, 7) is 4.07. The Hall–Kier alpha value is -2.49. The number of nitrogens with two attached hydrogens (primary N) is 1. The molecule has 0 fully saturated rings. The van der Waals surface area contributed by atoms with Gasteiger partial charge in [-0.2, -0.15) is 0 Å². The highest BCUT2D eigenvalue weighted by Gasteiger charge is 2.09. The summed E-state index contributed by atoms with van der Waals surface area (Å²) in [5.74, 6) is 1.33. The molecule has 0 aliphatic heterocycles. The quantitative estimate of drug-likeness (QED) is 0.387. The molecule has 0 saturated carbocycles. The molecule has 3 N–H and O–H groups in total. The minimum absolute atomic E-state index is 0.0326. The summed E-state index contributed by atoms with van der Waals surface area (Å²) in [4.78, 5) is 0. The van der Waals surface area contributed by atoms with Crippen molar-refractivity contribution in [1.29, 1.82) is 0 Å². The Labute approximate surface area is 118 Å². The number of nitrogens with zero attached hydrogens (tertiary/aromatic N) is 1. The summed E-state index contributed by atoms with van der Waals surface area (Å²) in [5.41, 5.74) is 8.52. The number of hydrogen-bond acceptors (Lipinski definition) is 3. The van der Waals surface area contributed by atoms with Crippen molar-refractivity contribution < 1.29 is 9.94 Å². The van der Waals surface area contributed by atoms with Gasteiger partial charge in [-0.3, -0.25) is 0 Å². The fourth-order valence-electron chi connectivity index (χ4n) is 1.90. The van der Waals surface area contributed by atoms with Crippen LogP contribution in [0.2, 0.25) is 0 Å². The van der Waals surface area contributed by atoms with Gasteiger partial charge in [0.15, 0.2) is 5.84 Å². The molecule has 2 aromatic rings. The molecule has 0 aliphatic carbocycles. The van der Waals surface area contributed by atoms with Gasteiger partial charge in [0.1, 0.15) is 11.5 Å². The Morgan fingerprint density at radius 2 is 1.90 bits per heavy atom. The largest absolute Gasteiger partial charge is 0.457 e. The van der Waals surface area contributed by atoms with Crippen LogP contribution in [0.15, 0.2) is 47.6 Å². The number of amidine groups is 1. The van der Waals surface area contributed by atoms with Crippen LogP contribution in [0.5, 0.6) is 11.5 Å². The molecule has 104 valence electrons. The molecule has 20 heavy (non-hydrogen) atoms. The Kier molecular flexibility index (Phi) is 4.25. The Bertz CT molecular complexity index is 619. The standard InChI is InChI=1S/C16H18N2O2/c1-3-12-5-7-13(8-6-12)20-15-10-11(2)4-9-14(15)16(17)18-19/h4-10,19H,3H2,1-2H3,(H2,17,18). The number of ether oxygens (including phenoxy) is 1. The second-order valence-electron chi connectivity index (χ2n) is 4.58. The van der Waals surface area contributed by atoms with E-state index in [0.717, 1.165) is 17.7 Å². The van der Waals surface area contributed by atoms with Crippen molar-refractivity contribution >= 4 is 5.84 Å². The lowest BCUT2D eigenvalue weighted by molar-refractivity contribution is 0.318. The maximum atomic E-state index is 8.82. The first-order chi connectivity index (χ1) is 9.63. The van der Waals surface area contributed by atoms with Crippen molar-refractivity contribution in [1.82, 2.24) is 0 Å².